The Hall–Kier alpha value is -1.63. The van der Waals surface area contributed by atoms with Crippen molar-refractivity contribution in [3.63, 3.8) is 0 Å². The number of benzene rings is 1. The van der Waals surface area contributed by atoms with Gasteiger partial charge in [0, 0.05) is 24.2 Å². The van der Waals surface area contributed by atoms with Gasteiger partial charge in [0.2, 0.25) is 0 Å². The lowest BCUT2D eigenvalue weighted by molar-refractivity contribution is -0.135. The quantitative estimate of drug-likeness (QED) is 0.745. The van der Waals surface area contributed by atoms with E-state index in [1.165, 1.54) is 0 Å². The molecule has 0 aliphatic heterocycles. The van der Waals surface area contributed by atoms with Crippen molar-refractivity contribution in [1.82, 2.24) is 0 Å². The first-order valence-electron chi connectivity index (χ1n) is 6.61. The molecule has 5 atom stereocenters. The molecule has 0 aromatic heterocycles. The van der Waals surface area contributed by atoms with E-state index in [1.54, 1.807) is 0 Å². The molecule has 3 heteroatoms. The number of aliphatic hydroxyl groups excluding tert-OH is 2. The molecule has 2 fully saturated rings. The van der Waals surface area contributed by atoms with Gasteiger partial charge in [-0.15, -0.1) is 0 Å². The maximum Gasteiger partial charge on any atom is 0.140 e. The Bertz CT molecular complexity index is 540. The van der Waals surface area contributed by atoms with Crippen LogP contribution < -0.4 is 0 Å². The van der Waals surface area contributed by atoms with Gasteiger partial charge in [0.25, 0.3) is 0 Å². The number of rotatable bonds is 1. The molecule has 0 heterocycles. The summed E-state index contributed by atoms with van der Waals surface area (Å²) in [6, 6.07) is 9.22. The summed E-state index contributed by atoms with van der Waals surface area (Å²) in [5, 5.41) is 20.0. The lowest BCUT2D eigenvalue weighted by atomic mass is 9.74. The van der Waals surface area contributed by atoms with Gasteiger partial charge in [0.05, 0.1) is 6.10 Å². The van der Waals surface area contributed by atoms with Crippen LogP contribution in [-0.4, -0.2) is 22.1 Å². The van der Waals surface area contributed by atoms with Crippen LogP contribution >= 0.6 is 0 Å². The normalized spacial score (nSPS) is 33.9. The number of carbonyl (C=O) groups is 1. The summed E-state index contributed by atoms with van der Waals surface area (Å²) >= 11 is 0. The first kappa shape index (κ1) is 12.4. The van der Waals surface area contributed by atoms with Gasteiger partial charge in [-0.3, -0.25) is 4.79 Å². The van der Waals surface area contributed by atoms with Crippen LogP contribution in [0.2, 0.25) is 0 Å². The molecule has 0 spiro atoms. The van der Waals surface area contributed by atoms with E-state index in [0.717, 1.165) is 5.56 Å². The number of fused-ring (bicyclic) bond motifs is 1. The van der Waals surface area contributed by atoms with E-state index in [4.69, 9.17) is 0 Å². The Kier molecular flexibility index (Phi) is 3.14. The number of hydrogen-bond acceptors (Lipinski definition) is 3. The molecule has 0 amide bonds. The molecule has 2 aliphatic carbocycles. The average molecular weight is 256 g/mol. The fourth-order valence-electron chi connectivity index (χ4n) is 3.03. The van der Waals surface area contributed by atoms with Crippen molar-refractivity contribution in [2.45, 2.75) is 25.0 Å². The summed E-state index contributed by atoms with van der Waals surface area (Å²) in [7, 11) is 0. The van der Waals surface area contributed by atoms with Crippen LogP contribution in [0.5, 0.6) is 0 Å². The molecule has 98 valence electrons. The summed E-state index contributed by atoms with van der Waals surface area (Å²) in [5.74, 6) is 5.91. The van der Waals surface area contributed by atoms with Crippen LogP contribution in [0, 0.1) is 29.6 Å². The molecule has 2 saturated carbocycles. The van der Waals surface area contributed by atoms with Crippen molar-refractivity contribution < 1.29 is 15.0 Å². The van der Waals surface area contributed by atoms with Gasteiger partial charge in [0.1, 0.15) is 11.9 Å². The number of hydrogen-bond donors (Lipinski definition) is 2. The van der Waals surface area contributed by atoms with E-state index in [1.807, 2.05) is 30.3 Å². The highest BCUT2D eigenvalue weighted by Gasteiger charge is 2.52. The van der Waals surface area contributed by atoms with Gasteiger partial charge in [-0.25, -0.2) is 0 Å². The predicted octanol–water partition coefficient (Wildman–Crippen LogP) is 1.31. The highest BCUT2D eigenvalue weighted by atomic mass is 16.3. The maximum absolute atomic E-state index is 11.4. The number of Topliss-reactive ketones (excluding diaryl/α,β-unsaturated/α-hetero) is 1. The number of aliphatic hydroxyl groups is 2. The lowest BCUT2D eigenvalue weighted by Gasteiger charge is -2.29. The van der Waals surface area contributed by atoms with Crippen molar-refractivity contribution in [2.24, 2.45) is 17.8 Å². The van der Waals surface area contributed by atoms with Crippen LogP contribution in [0.1, 0.15) is 24.5 Å². The molecule has 2 aliphatic rings. The molecule has 1 aromatic rings. The van der Waals surface area contributed by atoms with Crippen LogP contribution in [0.4, 0.5) is 0 Å². The van der Waals surface area contributed by atoms with Crippen LogP contribution in [0.25, 0.3) is 0 Å². The summed E-state index contributed by atoms with van der Waals surface area (Å²) in [5.41, 5.74) is 0.751. The number of carbonyl (C=O) groups excluding carboxylic acids is 1. The van der Waals surface area contributed by atoms with Crippen molar-refractivity contribution in [3.05, 3.63) is 35.9 Å². The van der Waals surface area contributed by atoms with Gasteiger partial charge in [-0.1, -0.05) is 42.2 Å². The van der Waals surface area contributed by atoms with Gasteiger partial charge in [-0.2, -0.15) is 0 Å². The second kappa shape index (κ2) is 4.80. The summed E-state index contributed by atoms with van der Waals surface area (Å²) < 4.78 is 0. The fraction of sp³-hybridized carbons (Fsp3) is 0.438. The second-order valence-electron chi connectivity index (χ2n) is 5.38. The lowest BCUT2D eigenvalue weighted by Crippen LogP contribution is -2.38. The van der Waals surface area contributed by atoms with Crippen LogP contribution in [0.3, 0.4) is 0 Å². The maximum atomic E-state index is 11.4. The van der Waals surface area contributed by atoms with E-state index in [-0.39, 0.29) is 23.5 Å². The largest absolute Gasteiger partial charge is 0.392 e. The second-order valence-corrected chi connectivity index (χ2v) is 5.38. The topological polar surface area (TPSA) is 57.5 Å². The Morgan fingerprint density at radius 1 is 1.26 bits per heavy atom. The highest BCUT2D eigenvalue weighted by Crippen LogP contribution is 2.47. The van der Waals surface area contributed by atoms with Gasteiger partial charge in [0.15, 0.2) is 0 Å². The molecule has 3 rings (SSSR count). The molecule has 5 unspecified atom stereocenters. The smallest absolute Gasteiger partial charge is 0.140 e. The monoisotopic (exact) mass is 256 g/mol. The van der Waals surface area contributed by atoms with E-state index < -0.39 is 12.2 Å². The standard InChI is InChI=1S/C16H16O3/c17-14(10-4-2-1-3-5-10)7-6-11-8-12-13(16(11)19)9-15(12)18/h1-5,11-14,16-17,19H,8-9H2. The Morgan fingerprint density at radius 3 is 2.63 bits per heavy atom. The predicted molar refractivity (Wildman–Crippen MR) is 69.9 cm³/mol. The Balaban J connectivity index is 1.69. The van der Waals surface area contributed by atoms with Gasteiger partial charge < -0.3 is 10.2 Å². The first-order valence-corrected chi connectivity index (χ1v) is 6.61. The van der Waals surface area contributed by atoms with Crippen molar-refractivity contribution >= 4 is 5.78 Å². The van der Waals surface area contributed by atoms with Crippen LogP contribution in [0.15, 0.2) is 30.3 Å². The molecule has 0 radical (unpaired) electrons. The zero-order chi connectivity index (χ0) is 13.4. The minimum Gasteiger partial charge on any atom is -0.392 e. The fourth-order valence-corrected chi connectivity index (χ4v) is 3.03. The van der Waals surface area contributed by atoms with Crippen molar-refractivity contribution in [3.8, 4) is 11.8 Å². The zero-order valence-corrected chi connectivity index (χ0v) is 10.5. The minimum absolute atomic E-state index is 0.00293. The molecular formula is C16H16O3. The van der Waals surface area contributed by atoms with Gasteiger partial charge in [-0.05, 0) is 12.0 Å². The summed E-state index contributed by atoms with van der Waals surface area (Å²) in [6.45, 7) is 0. The molecule has 3 nitrogen and oxygen atoms in total. The van der Waals surface area contributed by atoms with Crippen molar-refractivity contribution in [1.29, 1.82) is 0 Å². The third-order valence-electron chi connectivity index (χ3n) is 4.25. The van der Waals surface area contributed by atoms with E-state index in [0.29, 0.717) is 12.8 Å². The van der Waals surface area contributed by atoms with Crippen LogP contribution in [-0.2, 0) is 4.79 Å². The van der Waals surface area contributed by atoms with Gasteiger partial charge >= 0.3 is 0 Å². The Morgan fingerprint density at radius 2 is 2.00 bits per heavy atom. The van der Waals surface area contributed by atoms with E-state index in [9.17, 15) is 15.0 Å². The Labute approximate surface area is 112 Å². The van der Waals surface area contributed by atoms with E-state index >= 15 is 0 Å². The molecule has 1 aromatic carbocycles. The average Bonchev–Trinajstić information content (AvgIpc) is 2.69. The van der Waals surface area contributed by atoms with E-state index in [2.05, 4.69) is 11.8 Å². The molecule has 2 N–H and O–H groups in total. The molecule has 0 bridgehead atoms. The zero-order valence-electron chi connectivity index (χ0n) is 10.5. The summed E-state index contributed by atoms with van der Waals surface area (Å²) in [6.07, 6.45) is -0.217. The third kappa shape index (κ3) is 2.18. The molecule has 0 saturated heterocycles. The van der Waals surface area contributed by atoms with Crippen molar-refractivity contribution in [2.75, 3.05) is 0 Å². The molecule has 19 heavy (non-hydrogen) atoms. The summed E-state index contributed by atoms with van der Waals surface area (Å²) in [4.78, 5) is 11.4. The molecular weight excluding hydrogens is 240 g/mol. The SMILES string of the molecule is O=C1CC2C1CC(C#CC(O)c1ccccc1)C2O. The highest BCUT2D eigenvalue weighted by molar-refractivity contribution is 5.88. The number of ketones is 1. The third-order valence-corrected chi connectivity index (χ3v) is 4.25. The first-order chi connectivity index (χ1) is 9.16. The minimum atomic E-state index is -0.831.